The molecule has 1 heterocycles. The molecule has 0 amide bonds. The molecule has 5 atom stereocenters. The van der Waals surface area contributed by atoms with E-state index in [1.807, 2.05) is 0 Å². The van der Waals surface area contributed by atoms with Crippen LogP contribution in [0.4, 0.5) is 0 Å². The molecule has 10 heteroatoms. The van der Waals surface area contributed by atoms with Crippen LogP contribution in [0.25, 0.3) is 0 Å². The second kappa shape index (κ2) is 9.97. The summed E-state index contributed by atoms with van der Waals surface area (Å²) in [6.45, 7) is 7.52. The summed E-state index contributed by atoms with van der Waals surface area (Å²) in [5.74, 6) is -0.0289. The van der Waals surface area contributed by atoms with Crippen LogP contribution in [-0.2, 0) is 38.1 Å². The molecule has 1 aliphatic rings. The summed E-state index contributed by atoms with van der Waals surface area (Å²) in [7, 11) is -1.34. The van der Waals surface area contributed by atoms with Gasteiger partial charge in [0.15, 0.2) is 24.6 Å². The second-order valence-corrected chi connectivity index (χ2v) is 12.4. The summed E-state index contributed by atoms with van der Waals surface area (Å²) >= 11 is 5.85. The minimum absolute atomic E-state index is 0.0289. The van der Waals surface area contributed by atoms with Crippen molar-refractivity contribution < 1.29 is 38.1 Å². The van der Waals surface area contributed by atoms with E-state index in [1.165, 1.54) is 0 Å². The predicted octanol–water partition coefficient (Wildman–Crippen LogP) is 0.930. The number of carbonyl (C=O) groups excluding carboxylic acids is 3. The molecule has 0 aromatic heterocycles. The molecule has 0 aromatic carbocycles. The molecule has 1 fully saturated rings. The highest BCUT2D eigenvalue weighted by Crippen LogP contribution is 2.29. The number of hydrogen-bond acceptors (Lipinski definition) is 8. The molecule has 0 aromatic rings. The molecule has 0 unspecified atom stereocenters. The minimum Gasteiger partial charge on any atom is -0.458 e. The fourth-order valence-corrected chi connectivity index (χ4v) is 3.25. The van der Waals surface area contributed by atoms with Gasteiger partial charge in [-0.1, -0.05) is 19.6 Å². The maximum absolute atomic E-state index is 10.8. The van der Waals surface area contributed by atoms with Crippen LogP contribution in [0.3, 0.4) is 0 Å². The molecule has 0 radical (unpaired) electrons. The summed E-state index contributed by atoms with van der Waals surface area (Å²) in [6, 6.07) is 0.861. The number of carbonyl (C=O) groups is 3. The van der Waals surface area contributed by atoms with E-state index >= 15 is 0 Å². The first-order chi connectivity index (χ1) is 11.4. The molecule has 1 saturated heterocycles. The lowest BCUT2D eigenvalue weighted by Crippen LogP contribution is -2.61. The van der Waals surface area contributed by atoms with E-state index in [1.54, 1.807) is 0 Å². The molecule has 0 saturated carbocycles. The van der Waals surface area contributed by atoms with Crippen LogP contribution in [-0.4, -0.2) is 70.7 Å². The van der Waals surface area contributed by atoms with Gasteiger partial charge < -0.3 is 23.7 Å². The van der Waals surface area contributed by atoms with Gasteiger partial charge in [0.2, 0.25) is 0 Å². The van der Waals surface area contributed by atoms with Gasteiger partial charge in [-0.2, -0.15) is 0 Å². The Bertz CT molecular complexity index is 416. The van der Waals surface area contributed by atoms with Gasteiger partial charge in [0.1, 0.15) is 6.10 Å². The maximum Gasteiger partial charge on any atom is 0.293 e. The molecule has 8 nitrogen and oxygen atoms in total. The van der Waals surface area contributed by atoms with Crippen LogP contribution < -0.4 is 0 Å². The van der Waals surface area contributed by atoms with Gasteiger partial charge in [-0.3, -0.25) is 14.4 Å². The van der Waals surface area contributed by atoms with E-state index < -0.39 is 38.8 Å². The van der Waals surface area contributed by atoms with Crippen LogP contribution in [0, 0.1) is 0 Å². The maximum atomic E-state index is 10.8. The van der Waals surface area contributed by atoms with Crippen molar-refractivity contribution in [3.05, 3.63) is 0 Å². The second-order valence-electron chi connectivity index (χ2n) is 6.47. The van der Waals surface area contributed by atoms with Gasteiger partial charge in [-0.05, 0) is 6.04 Å². The average molecular weight is 383 g/mol. The molecule has 0 N–H and O–H groups in total. The van der Waals surface area contributed by atoms with Crippen LogP contribution >= 0.6 is 11.6 Å². The third-order valence-corrected chi connectivity index (χ3v) is 5.52. The third-order valence-electron chi connectivity index (χ3n) is 3.52. The quantitative estimate of drug-likeness (QED) is 0.225. The van der Waals surface area contributed by atoms with Crippen molar-refractivity contribution in [3.63, 3.8) is 0 Å². The summed E-state index contributed by atoms with van der Waals surface area (Å²) < 4.78 is 26.2. The fraction of sp³-hybridized carbons (Fsp3) is 0.786. The van der Waals surface area contributed by atoms with Crippen molar-refractivity contribution in [1.82, 2.24) is 0 Å². The Morgan fingerprint density at radius 3 is 2.00 bits per heavy atom. The summed E-state index contributed by atoms with van der Waals surface area (Å²) in [6.07, 6.45) is -4.91. The van der Waals surface area contributed by atoms with E-state index in [9.17, 15) is 14.4 Å². The van der Waals surface area contributed by atoms with Crippen LogP contribution in [0.15, 0.2) is 0 Å². The largest absolute Gasteiger partial charge is 0.458 e. The third kappa shape index (κ3) is 6.04. The normalized spacial score (nSPS) is 30.2. The first kappa shape index (κ1) is 20.9. The van der Waals surface area contributed by atoms with Crippen molar-refractivity contribution in [2.24, 2.45) is 0 Å². The predicted molar refractivity (Wildman–Crippen MR) is 86.3 cm³/mol. The molecule has 0 bridgehead atoms. The number of alkyl halides is 1. The Labute approximate surface area is 146 Å². The van der Waals surface area contributed by atoms with E-state index in [2.05, 4.69) is 19.6 Å². The van der Waals surface area contributed by atoms with Crippen molar-refractivity contribution in [1.29, 1.82) is 0 Å². The van der Waals surface area contributed by atoms with Gasteiger partial charge in [-0.25, -0.2) is 0 Å². The highest BCUT2D eigenvalue weighted by molar-refractivity contribution is 6.76. The van der Waals surface area contributed by atoms with Gasteiger partial charge in [0, 0.05) is 14.7 Å². The monoisotopic (exact) mass is 382 g/mol. The average Bonchev–Trinajstić information content (AvgIpc) is 2.51. The van der Waals surface area contributed by atoms with Crippen LogP contribution in [0.5, 0.6) is 0 Å². The Kier molecular flexibility index (Phi) is 8.67. The molecular formula is C14H23ClO8Si. The number of hydrogen-bond donors (Lipinski definition) is 0. The summed E-state index contributed by atoms with van der Waals surface area (Å²) in [5, 5.41) is 0. The fourth-order valence-electron chi connectivity index (χ4n) is 2.27. The Morgan fingerprint density at radius 2 is 1.50 bits per heavy atom. The van der Waals surface area contributed by atoms with Crippen molar-refractivity contribution in [3.8, 4) is 0 Å². The molecule has 1 aliphatic heterocycles. The Hall–Kier alpha value is -1.16. The molecule has 138 valence electrons. The molecular weight excluding hydrogens is 360 g/mol. The lowest BCUT2D eigenvalue weighted by atomic mass is 9.99. The van der Waals surface area contributed by atoms with E-state index in [4.69, 9.17) is 35.3 Å². The Morgan fingerprint density at radius 1 is 0.958 bits per heavy atom. The van der Waals surface area contributed by atoms with Crippen LogP contribution in [0.2, 0.25) is 25.7 Å². The molecule has 24 heavy (non-hydrogen) atoms. The summed E-state index contributed by atoms with van der Waals surface area (Å²) in [5.41, 5.74) is 0. The lowest BCUT2D eigenvalue weighted by Gasteiger charge is -2.42. The van der Waals surface area contributed by atoms with E-state index in [0.29, 0.717) is 6.61 Å². The van der Waals surface area contributed by atoms with Gasteiger partial charge in [0.25, 0.3) is 19.4 Å². The van der Waals surface area contributed by atoms with Gasteiger partial charge >= 0.3 is 0 Å². The first-order valence-corrected chi connectivity index (χ1v) is 11.7. The smallest absolute Gasteiger partial charge is 0.293 e. The lowest BCUT2D eigenvalue weighted by molar-refractivity contribution is -0.294. The Balaban J connectivity index is 2.92. The van der Waals surface area contributed by atoms with E-state index in [-0.39, 0.29) is 25.3 Å². The van der Waals surface area contributed by atoms with E-state index in [0.717, 1.165) is 6.04 Å². The zero-order valence-corrected chi connectivity index (χ0v) is 15.6. The number of halogens is 1. The zero-order chi connectivity index (χ0) is 18.2. The number of ether oxygens (including phenoxy) is 5. The van der Waals surface area contributed by atoms with Crippen molar-refractivity contribution in [2.45, 2.75) is 56.4 Å². The van der Waals surface area contributed by atoms with Crippen molar-refractivity contribution >= 4 is 39.1 Å². The standard InChI is InChI=1S/C14H23ClO8Si/c1-24(2,3)5-4-19-14-13(22-9-18)12(21-8-17)11(20-7-16)10(6-15)23-14/h7-14H,4-6H2,1-3H3/t10-,11-,12+,13-,14-/m1/s1. The zero-order valence-electron chi connectivity index (χ0n) is 13.9. The first-order valence-electron chi connectivity index (χ1n) is 7.48. The van der Waals surface area contributed by atoms with Gasteiger partial charge in [-0.15, -0.1) is 11.6 Å². The highest BCUT2D eigenvalue weighted by Gasteiger charge is 2.50. The van der Waals surface area contributed by atoms with Gasteiger partial charge in [0.05, 0.1) is 5.88 Å². The SMILES string of the molecule is C[Si](C)(C)CCO[C@@H]1O[C@H](CCl)[C@@H](OC=O)[C@H](OC=O)[C@H]1OC=O. The molecule has 0 aliphatic carbocycles. The van der Waals surface area contributed by atoms with Crippen LogP contribution in [0.1, 0.15) is 0 Å². The summed E-state index contributed by atoms with van der Waals surface area (Å²) in [4.78, 5) is 32.3. The molecule has 0 spiro atoms. The topological polar surface area (TPSA) is 97.4 Å². The van der Waals surface area contributed by atoms with Crippen molar-refractivity contribution in [2.75, 3.05) is 12.5 Å². The number of rotatable bonds is 11. The highest BCUT2D eigenvalue weighted by atomic mass is 35.5. The molecule has 1 rings (SSSR count). The minimum atomic E-state index is -1.34.